The van der Waals surface area contributed by atoms with Crippen molar-refractivity contribution in [3.8, 4) is 0 Å². The first-order valence-electron chi connectivity index (χ1n) is 3.71. The van der Waals surface area contributed by atoms with E-state index in [4.69, 9.17) is 5.73 Å². The number of hydrogen-bond acceptors (Lipinski definition) is 1. The molecule has 1 aromatic heterocycles. The molecule has 68 valence electrons. The summed E-state index contributed by atoms with van der Waals surface area (Å²) in [5.41, 5.74) is 4.68. The monoisotopic (exact) mass is 174 g/mol. The van der Waals surface area contributed by atoms with Gasteiger partial charge in [-0.3, -0.25) is 0 Å². The summed E-state index contributed by atoms with van der Waals surface area (Å²) in [7, 11) is 0. The van der Waals surface area contributed by atoms with E-state index in [1.807, 2.05) is 0 Å². The largest absolute Gasteiger partial charge is 0.365 e. The van der Waals surface area contributed by atoms with Crippen LogP contribution in [-0.2, 0) is 6.42 Å². The van der Waals surface area contributed by atoms with Crippen molar-refractivity contribution in [1.82, 2.24) is 4.98 Å². The quantitative estimate of drug-likeness (QED) is 0.717. The number of rotatable bonds is 3. The first-order valence-corrected chi connectivity index (χ1v) is 3.71. The second kappa shape index (κ2) is 3.23. The number of halogens is 2. The average Bonchev–Trinajstić information content (AvgIpc) is 2.38. The highest BCUT2D eigenvalue weighted by molar-refractivity contribution is 5.08. The van der Waals surface area contributed by atoms with Gasteiger partial charge in [-0.1, -0.05) is 0 Å². The second-order valence-electron chi connectivity index (χ2n) is 3.18. The first-order chi connectivity index (χ1) is 5.52. The summed E-state index contributed by atoms with van der Waals surface area (Å²) in [6, 6.07) is 3.50. The van der Waals surface area contributed by atoms with Gasteiger partial charge in [0.15, 0.2) is 0 Å². The van der Waals surface area contributed by atoms with Gasteiger partial charge >= 0.3 is 0 Å². The summed E-state index contributed by atoms with van der Waals surface area (Å²) in [6.45, 7) is 1.35. The molecule has 3 N–H and O–H groups in total. The van der Waals surface area contributed by atoms with Crippen LogP contribution in [-0.4, -0.2) is 16.9 Å². The third-order valence-corrected chi connectivity index (χ3v) is 1.73. The second-order valence-corrected chi connectivity index (χ2v) is 3.18. The van der Waals surface area contributed by atoms with Crippen LogP contribution in [0.3, 0.4) is 0 Å². The van der Waals surface area contributed by atoms with Gasteiger partial charge in [-0.25, -0.2) is 8.78 Å². The molecule has 12 heavy (non-hydrogen) atoms. The molecule has 1 aromatic rings. The van der Waals surface area contributed by atoms with Gasteiger partial charge in [-0.2, -0.15) is 0 Å². The molecular formula is C8H12F2N2. The van der Waals surface area contributed by atoms with Crippen molar-refractivity contribution in [2.24, 2.45) is 5.73 Å². The van der Waals surface area contributed by atoms with Gasteiger partial charge in [0, 0.05) is 18.3 Å². The van der Waals surface area contributed by atoms with Gasteiger partial charge in [0.05, 0.1) is 5.54 Å². The summed E-state index contributed by atoms with van der Waals surface area (Å²) >= 11 is 0. The number of hydrogen-bond donors (Lipinski definition) is 2. The van der Waals surface area contributed by atoms with Crippen LogP contribution in [0.25, 0.3) is 0 Å². The SMILES string of the molecule is CC(N)(Cc1ccc[nH]1)C(F)F. The van der Waals surface area contributed by atoms with Crippen LogP contribution in [0.15, 0.2) is 18.3 Å². The van der Waals surface area contributed by atoms with E-state index in [0.29, 0.717) is 0 Å². The van der Waals surface area contributed by atoms with Crippen LogP contribution in [0, 0.1) is 0 Å². The molecule has 0 spiro atoms. The fourth-order valence-corrected chi connectivity index (χ4v) is 0.965. The van der Waals surface area contributed by atoms with Gasteiger partial charge in [-0.05, 0) is 19.1 Å². The molecule has 0 radical (unpaired) electrons. The molecule has 2 nitrogen and oxygen atoms in total. The van der Waals surface area contributed by atoms with Crippen molar-refractivity contribution < 1.29 is 8.78 Å². The highest BCUT2D eigenvalue weighted by Gasteiger charge is 2.30. The number of aromatic amines is 1. The van der Waals surface area contributed by atoms with Gasteiger partial charge in [0.2, 0.25) is 0 Å². The molecule has 0 aliphatic heterocycles. The molecular weight excluding hydrogens is 162 g/mol. The summed E-state index contributed by atoms with van der Waals surface area (Å²) in [6.07, 6.45) is -0.644. The van der Waals surface area contributed by atoms with Crippen LogP contribution >= 0.6 is 0 Å². The van der Waals surface area contributed by atoms with Crippen molar-refractivity contribution in [3.05, 3.63) is 24.0 Å². The topological polar surface area (TPSA) is 41.8 Å². The summed E-state index contributed by atoms with van der Waals surface area (Å²) in [5.74, 6) is 0. The number of aromatic nitrogens is 1. The van der Waals surface area contributed by atoms with E-state index in [0.717, 1.165) is 5.69 Å². The minimum atomic E-state index is -2.50. The van der Waals surface area contributed by atoms with Crippen LogP contribution < -0.4 is 5.73 Å². The molecule has 0 saturated heterocycles. The predicted octanol–water partition coefficient (Wildman–Crippen LogP) is 1.54. The Kier molecular flexibility index (Phi) is 2.47. The molecule has 0 aliphatic carbocycles. The van der Waals surface area contributed by atoms with Crippen molar-refractivity contribution in [1.29, 1.82) is 0 Å². The molecule has 0 aromatic carbocycles. The van der Waals surface area contributed by atoms with E-state index < -0.39 is 12.0 Å². The Morgan fingerprint density at radius 2 is 2.33 bits per heavy atom. The molecule has 0 fully saturated rings. The summed E-state index contributed by atoms with van der Waals surface area (Å²) in [4.78, 5) is 2.83. The Morgan fingerprint density at radius 1 is 1.67 bits per heavy atom. The lowest BCUT2D eigenvalue weighted by Crippen LogP contribution is -2.45. The number of H-pyrrole nitrogens is 1. The fraction of sp³-hybridized carbons (Fsp3) is 0.500. The average molecular weight is 174 g/mol. The molecule has 0 amide bonds. The standard InChI is InChI=1S/C8H12F2N2/c1-8(11,7(9)10)5-6-3-2-4-12-6/h2-4,7,12H,5,11H2,1H3. The van der Waals surface area contributed by atoms with E-state index in [9.17, 15) is 8.78 Å². The van der Waals surface area contributed by atoms with Crippen molar-refractivity contribution in [2.75, 3.05) is 0 Å². The molecule has 0 bridgehead atoms. The van der Waals surface area contributed by atoms with E-state index >= 15 is 0 Å². The highest BCUT2D eigenvalue weighted by Crippen LogP contribution is 2.16. The number of alkyl halides is 2. The Hall–Kier alpha value is -0.900. The molecule has 1 heterocycles. The van der Waals surface area contributed by atoms with E-state index in [1.165, 1.54) is 6.92 Å². The lowest BCUT2D eigenvalue weighted by Gasteiger charge is -2.22. The normalized spacial score (nSPS) is 16.4. The Bertz CT molecular complexity index is 229. The van der Waals surface area contributed by atoms with E-state index in [-0.39, 0.29) is 6.42 Å². The Labute approximate surface area is 69.8 Å². The third-order valence-electron chi connectivity index (χ3n) is 1.73. The van der Waals surface area contributed by atoms with Crippen LogP contribution in [0.4, 0.5) is 8.78 Å². The maximum Gasteiger partial charge on any atom is 0.256 e. The van der Waals surface area contributed by atoms with Crippen LogP contribution in [0.2, 0.25) is 0 Å². The number of nitrogens with two attached hydrogens (primary N) is 1. The zero-order chi connectivity index (χ0) is 9.19. The Morgan fingerprint density at radius 3 is 2.75 bits per heavy atom. The predicted molar refractivity (Wildman–Crippen MR) is 43.1 cm³/mol. The molecule has 1 atom stereocenters. The zero-order valence-electron chi connectivity index (χ0n) is 6.85. The fourth-order valence-electron chi connectivity index (χ4n) is 0.965. The van der Waals surface area contributed by atoms with Crippen molar-refractivity contribution >= 4 is 0 Å². The van der Waals surface area contributed by atoms with Gasteiger partial charge in [-0.15, -0.1) is 0 Å². The molecule has 0 saturated carbocycles. The zero-order valence-corrected chi connectivity index (χ0v) is 6.85. The molecule has 4 heteroatoms. The van der Waals surface area contributed by atoms with Gasteiger partial charge in [0.1, 0.15) is 0 Å². The summed E-state index contributed by atoms with van der Waals surface area (Å²) < 4.78 is 24.5. The highest BCUT2D eigenvalue weighted by atomic mass is 19.3. The summed E-state index contributed by atoms with van der Waals surface area (Å²) in [5, 5.41) is 0. The minimum Gasteiger partial charge on any atom is -0.365 e. The lowest BCUT2D eigenvalue weighted by atomic mass is 9.98. The number of nitrogens with one attached hydrogen (secondary N) is 1. The minimum absolute atomic E-state index is 0.164. The van der Waals surface area contributed by atoms with Crippen LogP contribution in [0.5, 0.6) is 0 Å². The molecule has 1 unspecified atom stereocenters. The maximum atomic E-state index is 12.3. The molecule has 1 rings (SSSR count). The maximum absolute atomic E-state index is 12.3. The smallest absolute Gasteiger partial charge is 0.256 e. The third kappa shape index (κ3) is 2.04. The molecule has 0 aliphatic rings. The van der Waals surface area contributed by atoms with E-state index in [1.54, 1.807) is 18.3 Å². The van der Waals surface area contributed by atoms with Crippen molar-refractivity contribution in [3.63, 3.8) is 0 Å². The lowest BCUT2D eigenvalue weighted by molar-refractivity contribution is 0.0635. The van der Waals surface area contributed by atoms with E-state index in [2.05, 4.69) is 4.98 Å². The van der Waals surface area contributed by atoms with Crippen LogP contribution in [0.1, 0.15) is 12.6 Å². The van der Waals surface area contributed by atoms with Crippen molar-refractivity contribution in [2.45, 2.75) is 25.3 Å². The van der Waals surface area contributed by atoms with Gasteiger partial charge in [0.25, 0.3) is 6.43 Å². The Balaban J connectivity index is 2.62. The van der Waals surface area contributed by atoms with Gasteiger partial charge < -0.3 is 10.7 Å². The first kappa shape index (κ1) is 9.19.